The summed E-state index contributed by atoms with van der Waals surface area (Å²) in [4.78, 5) is 0.0538. The summed E-state index contributed by atoms with van der Waals surface area (Å²) in [5.41, 5.74) is 0.664. The third-order valence-corrected chi connectivity index (χ3v) is 6.06. The van der Waals surface area contributed by atoms with Crippen LogP contribution in [-0.4, -0.2) is 32.4 Å². The minimum atomic E-state index is -3.80. The standard InChI is InChI=1S/C17H17F2NO3S/c1-12-10-13(18)6-7-17(12)24(21,22)20-8-9-23-16(11-20)14-4-2-3-5-15(14)19/h2-7,10,16H,8-9,11H2,1H3. The van der Waals surface area contributed by atoms with E-state index in [-0.39, 0.29) is 24.6 Å². The Kier molecular flexibility index (Phi) is 4.67. The number of morpholine rings is 1. The second-order valence-corrected chi connectivity index (χ2v) is 7.56. The highest BCUT2D eigenvalue weighted by atomic mass is 32.2. The van der Waals surface area contributed by atoms with E-state index in [9.17, 15) is 17.2 Å². The van der Waals surface area contributed by atoms with Gasteiger partial charge in [0, 0.05) is 18.7 Å². The van der Waals surface area contributed by atoms with Gasteiger partial charge >= 0.3 is 0 Å². The van der Waals surface area contributed by atoms with Crippen LogP contribution >= 0.6 is 0 Å². The highest BCUT2D eigenvalue weighted by Gasteiger charge is 2.33. The van der Waals surface area contributed by atoms with Gasteiger partial charge in [0.05, 0.1) is 17.6 Å². The predicted molar refractivity (Wildman–Crippen MR) is 85.0 cm³/mol. The molecule has 1 aliphatic heterocycles. The fraction of sp³-hybridized carbons (Fsp3) is 0.294. The molecule has 0 aliphatic carbocycles. The second kappa shape index (κ2) is 6.58. The lowest BCUT2D eigenvalue weighted by Crippen LogP contribution is -2.42. The first kappa shape index (κ1) is 17.0. The fourth-order valence-electron chi connectivity index (χ4n) is 2.81. The first-order valence-corrected chi connectivity index (χ1v) is 8.96. The summed E-state index contributed by atoms with van der Waals surface area (Å²) in [5, 5.41) is 0. The van der Waals surface area contributed by atoms with Gasteiger partial charge in [-0.2, -0.15) is 4.31 Å². The molecule has 0 aromatic heterocycles. The maximum atomic E-state index is 13.9. The highest BCUT2D eigenvalue weighted by Crippen LogP contribution is 2.29. The van der Waals surface area contributed by atoms with Crippen molar-refractivity contribution in [3.05, 3.63) is 65.2 Å². The Hall–Kier alpha value is -1.83. The lowest BCUT2D eigenvalue weighted by molar-refractivity contribution is -0.00444. The van der Waals surface area contributed by atoms with Crippen molar-refractivity contribution in [2.75, 3.05) is 19.7 Å². The van der Waals surface area contributed by atoms with E-state index in [1.54, 1.807) is 25.1 Å². The Morgan fingerprint density at radius 2 is 1.92 bits per heavy atom. The Morgan fingerprint density at radius 1 is 1.17 bits per heavy atom. The zero-order valence-electron chi connectivity index (χ0n) is 13.1. The van der Waals surface area contributed by atoms with Crippen molar-refractivity contribution in [1.29, 1.82) is 0 Å². The van der Waals surface area contributed by atoms with E-state index >= 15 is 0 Å². The molecule has 24 heavy (non-hydrogen) atoms. The lowest BCUT2D eigenvalue weighted by atomic mass is 10.1. The number of benzene rings is 2. The van der Waals surface area contributed by atoms with Crippen molar-refractivity contribution in [2.45, 2.75) is 17.9 Å². The van der Waals surface area contributed by atoms with Crippen molar-refractivity contribution in [3.8, 4) is 0 Å². The minimum Gasteiger partial charge on any atom is -0.371 e. The molecule has 2 aromatic carbocycles. The second-order valence-electron chi connectivity index (χ2n) is 5.65. The van der Waals surface area contributed by atoms with Gasteiger partial charge in [-0.05, 0) is 36.8 Å². The summed E-state index contributed by atoms with van der Waals surface area (Å²) < 4.78 is 59.7. The van der Waals surface area contributed by atoms with Crippen LogP contribution in [0.15, 0.2) is 47.4 Å². The van der Waals surface area contributed by atoms with Gasteiger partial charge in [-0.25, -0.2) is 17.2 Å². The molecule has 0 saturated carbocycles. The molecule has 0 bridgehead atoms. The van der Waals surface area contributed by atoms with E-state index in [4.69, 9.17) is 4.74 Å². The molecule has 1 heterocycles. The van der Waals surface area contributed by atoms with Gasteiger partial charge in [0.25, 0.3) is 0 Å². The third kappa shape index (κ3) is 3.19. The number of hydrogen-bond acceptors (Lipinski definition) is 3. The summed E-state index contributed by atoms with van der Waals surface area (Å²) in [7, 11) is -3.80. The molecule has 1 fully saturated rings. The monoisotopic (exact) mass is 353 g/mol. The number of rotatable bonds is 3. The molecule has 1 saturated heterocycles. The average Bonchev–Trinajstić information content (AvgIpc) is 2.55. The van der Waals surface area contributed by atoms with Gasteiger partial charge in [-0.1, -0.05) is 18.2 Å². The molecule has 4 nitrogen and oxygen atoms in total. The van der Waals surface area contributed by atoms with Crippen LogP contribution in [0.25, 0.3) is 0 Å². The van der Waals surface area contributed by atoms with Crippen molar-refractivity contribution in [1.82, 2.24) is 4.31 Å². The molecule has 0 spiro atoms. The number of aryl methyl sites for hydroxylation is 1. The van der Waals surface area contributed by atoms with Crippen LogP contribution in [-0.2, 0) is 14.8 Å². The highest BCUT2D eigenvalue weighted by molar-refractivity contribution is 7.89. The molecule has 0 radical (unpaired) electrons. The first-order chi connectivity index (χ1) is 11.4. The van der Waals surface area contributed by atoms with Crippen LogP contribution in [0.1, 0.15) is 17.2 Å². The predicted octanol–water partition coefficient (Wildman–Crippen LogP) is 3.04. The Balaban J connectivity index is 1.90. The summed E-state index contributed by atoms with van der Waals surface area (Å²) in [5.74, 6) is -0.919. The summed E-state index contributed by atoms with van der Waals surface area (Å²) in [6.45, 7) is 1.90. The number of sulfonamides is 1. The lowest BCUT2D eigenvalue weighted by Gasteiger charge is -2.32. The molecular weight excluding hydrogens is 336 g/mol. The summed E-state index contributed by atoms with van der Waals surface area (Å²) >= 11 is 0. The smallest absolute Gasteiger partial charge is 0.243 e. The van der Waals surface area contributed by atoms with E-state index in [2.05, 4.69) is 0 Å². The molecule has 0 amide bonds. The van der Waals surface area contributed by atoms with Gasteiger partial charge in [0.2, 0.25) is 10.0 Å². The average molecular weight is 353 g/mol. The van der Waals surface area contributed by atoms with E-state index in [1.165, 1.54) is 22.5 Å². The maximum Gasteiger partial charge on any atom is 0.243 e. The molecule has 0 N–H and O–H groups in total. The molecular formula is C17H17F2NO3S. The van der Waals surface area contributed by atoms with Crippen molar-refractivity contribution >= 4 is 10.0 Å². The SMILES string of the molecule is Cc1cc(F)ccc1S(=O)(=O)N1CCOC(c2ccccc2F)C1. The van der Waals surface area contributed by atoms with Crippen molar-refractivity contribution < 1.29 is 21.9 Å². The van der Waals surface area contributed by atoms with E-state index in [1.807, 2.05) is 0 Å². The number of ether oxygens (including phenoxy) is 1. The normalized spacial score (nSPS) is 19.4. The Morgan fingerprint density at radius 3 is 2.62 bits per heavy atom. The Labute approximate surface area is 139 Å². The fourth-order valence-corrected chi connectivity index (χ4v) is 4.44. The molecule has 128 valence electrons. The zero-order valence-corrected chi connectivity index (χ0v) is 13.9. The summed E-state index contributed by atoms with van der Waals surface area (Å²) in [6, 6.07) is 9.71. The third-order valence-electron chi connectivity index (χ3n) is 4.04. The van der Waals surface area contributed by atoms with E-state index in [0.717, 1.165) is 6.07 Å². The molecule has 1 unspecified atom stereocenters. The van der Waals surface area contributed by atoms with Crippen molar-refractivity contribution in [2.24, 2.45) is 0 Å². The largest absolute Gasteiger partial charge is 0.371 e. The zero-order chi connectivity index (χ0) is 17.3. The molecule has 1 atom stereocenters. The summed E-state index contributed by atoms with van der Waals surface area (Å²) in [6.07, 6.45) is -0.671. The van der Waals surface area contributed by atoms with E-state index < -0.39 is 27.8 Å². The van der Waals surface area contributed by atoms with Crippen LogP contribution in [0, 0.1) is 18.6 Å². The van der Waals surface area contributed by atoms with Crippen LogP contribution < -0.4 is 0 Å². The van der Waals surface area contributed by atoms with Crippen LogP contribution in [0.4, 0.5) is 8.78 Å². The van der Waals surface area contributed by atoms with Gasteiger partial charge in [-0.3, -0.25) is 0 Å². The maximum absolute atomic E-state index is 13.9. The number of halogens is 2. The van der Waals surface area contributed by atoms with Gasteiger partial charge in [0.1, 0.15) is 11.6 Å². The first-order valence-electron chi connectivity index (χ1n) is 7.52. The molecule has 3 rings (SSSR count). The Bertz CT molecular complexity index is 855. The topological polar surface area (TPSA) is 46.6 Å². The van der Waals surface area contributed by atoms with Crippen LogP contribution in [0.3, 0.4) is 0 Å². The van der Waals surface area contributed by atoms with Gasteiger partial charge < -0.3 is 4.74 Å². The van der Waals surface area contributed by atoms with E-state index in [0.29, 0.717) is 11.1 Å². The van der Waals surface area contributed by atoms with Crippen molar-refractivity contribution in [3.63, 3.8) is 0 Å². The van der Waals surface area contributed by atoms with Crippen LogP contribution in [0.5, 0.6) is 0 Å². The van der Waals surface area contributed by atoms with Gasteiger partial charge in [0.15, 0.2) is 0 Å². The number of nitrogens with zero attached hydrogens (tertiary/aromatic N) is 1. The molecule has 1 aliphatic rings. The number of hydrogen-bond donors (Lipinski definition) is 0. The quantitative estimate of drug-likeness (QED) is 0.852. The van der Waals surface area contributed by atoms with Gasteiger partial charge in [-0.15, -0.1) is 0 Å². The molecule has 2 aromatic rings. The molecule has 7 heteroatoms. The minimum absolute atomic E-state index is 0.0140. The van der Waals surface area contributed by atoms with Crippen LogP contribution in [0.2, 0.25) is 0 Å².